The van der Waals surface area contributed by atoms with Crippen LogP contribution >= 0.6 is 0 Å². The van der Waals surface area contributed by atoms with Gasteiger partial charge in [-0.2, -0.15) is 0 Å². The van der Waals surface area contributed by atoms with E-state index >= 15 is 0 Å². The molecule has 0 unspecified atom stereocenters. The minimum atomic E-state index is -0.190. The van der Waals surface area contributed by atoms with E-state index in [4.69, 9.17) is 0 Å². The van der Waals surface area contributed by atoms with E-state index in [0.29, 0.717) is 0 Å². The van der Waals surface area contributed by atoms with Crippen molar-refractivity contribution in [1.29, 1.82) is 0 Å². The van der Waals surface area contributed by atoms with Gasteiger partial charge in [0.1, 0.15) is 5.82 Å². The summed E-state index contributed by atoms with van der Waals surface area (Å²) in [6.45, 7) is 7.03. The number of unbranched alkanes of at least 4 members (excludes halogenated alkanes) is 1. The van der Waals surface area contributed by atoms with Gasteiger partial charge in [-0.3, -0.25) is 0 Å². The van der Waals surface area contributed by atoms with E-state index in [2.05, 4.69) is 96.4 Å². The van der Waals surface area contributed by atoms with Crippen LogP contribution in [0.15, 0.2) is 134 Å². The number of nitrogens with zero attached hydrogens (tertiary/aromatic N) is 1. The average Bonchev–Trinajstić information content (AvgIpc) is 2.98. The van der Waals surface area contributed by atoms with Gasteiger partial charge in [-0.05, 0) is 85.0 Å². The quantitative estimate of drug-likeness (QED) is 0.131. The van der Waals surface area contributed by atoms with Gasteiger partial charge >= 0.3 is 0 Å². The molecule has 0 spiro atoms. The van der Waals surface area contributed by atoms with Crippen LogP contribution < -0.4 is 0 Å². The second-order valence-corrected chi connectivity index (χ2v) is 10.0. The largest absolute Gasteiger partial charge is 0.303 e. The van der Waals surface area contributed by atoms with Gasteiger partial charge < -0.3 is 4.90 Å². The Kier molecular flexibility index (Phi) is 11.3. The van der Waals surface area contributed by atoms with E-state index in [1.807, 2.05) is 18.2 Å². The first-order valence-corrected chi connectivity index (χ1v) is 14.2. The molecule has 0 amide bonds. The predicted molar refractivity (Wildman–Crippen MR) is 166 cm³/mol. The Labute approximate surface area is 234 Å². The summed E-state index contributed by atoms with van der Waals surface area (Å²) < 4.78 is 13.5. The molecule has 0 radical (unpaired) electrons. The Bertz CT molecular complexity index is 1230. The van der Waals surface area contributed by atoms with Gasteiger partial charge in [0.05, 0.1) is 0 Å². The summed E-state index contributed by atoms with van der Waals surface area (Å²) in [5.41, 5.74) is 7.98. The molecule has 0 N–H and O–H groups in total. The molecule has 0 atom stereocenters. The number of benzene rings is 3. The molecule has 2 heteroatoms. The molecule has 1 fully saturated rings. The van der Waals surface area contributed by atoms with Crippen molar-refractivity contribution in [2.24, 2.45) is 0 Å². The van der Waals surface area contributed by atoms with Crippen LogP contribution in [0.2, 0.25) is 0 Å². The fourth-order valence-electron chi connectivity index (χ4n) is 5.22. The summed E-state index contributed by atoms with van der Waals surface area (Å²) in [6, 6.07) is 28.6. The van der Waals surface area contributed by atoms with E-state index in [-0.39, 0.29) is 5.82 Å². The molecule has 0 bridgehead atoms. The second-order valence-electron chi connectivity index (χ2n) is 10.0. The molecule has 3 aromatic carbocycles. The van der Waals surface area contributed by atoms with Crippen LogP contribution in [0.5, 0.6) is 0 Å². The zero-order valence-electron chi connectivity index (χ0n) is 22.9. The lowest BCUT2D eigenvalue weighted by atomic mass is 9.88. The Morgan fingerprint density at radius 3 is 2.03 bits per heavy atom. The van der Waals surface area contributed by atoms with Crippen molar-refractivity contribution >= 4 is 11.1 Å². The summed E-state index contributed by atoms with van der Waals surface area (Å²) in [6.07, 6.45) is 18.7. The van der Waals surface area contributed by atoms with Crippen LogP contribution in [0, 0.1) is 5.82 Å². The Morgan fingerprint density at radius 2 is 1.41 bits per heavy atom. The molecule has 3 aromatic rings. The van der Waals surface area contributed by atoms with Crippen molar-refractivity contribution in [2.75, 3.05) is 19.6 Å². The molecule has 1 saturated heterocycles. The standard InChI is InChI=1S/C37H40FN/c1-2-3-4-5-6-9-16-31(32-22-24-36(38)25-23-32)17-14-15-28-39-29-26-35(27-30-39)37(33-18-10-7-11-19-33)34-20-12-8-13-21-34/h2-4,6-13,17-25H,1,5,14-16,26-30H2/b4-3-,9-6-,31-17-. The third-order valence-corrected chi connectivity index (χ3v) is 7.27. The zero-order valence-corrected chi connectivity index (χ0v) is 22.9. The molecule has 39 heavy (non-hydrogen) atoms. The monoisotopic (exact) mass is 517 g/mol. The van der Waals surface area contributed by atoms with Gasteiger partial charge in [0.15, 0.2) is 0 Å². The number of likely N-dealkylation sites (tertiary alicyclic amines) is 1. The van der Waals surface area contributed by atoms with Crippen molar-refractivity contribution in [2.45, 2.75) is 38.5 Å². The van der Waals surface area contributed by atoms with E-state index in [0.717, 1.165) is 63.7 Å². The minimum Gasteiger partial charge on any atom is -0.303 e. The molecule has 0 aromatic heterocycles. The highest BCUT2D eigenvalue weighted by molar-refractivity contribution is 5.82. The van der Waals surface area contributed by atoms with E-state index in [1.165, 1.54) is 22.3 Å². The number of rotatable bonds is 12. The van der Waals surface area contributed by atoms with Crippen LogP contribution in [0.25, 0.3) is 11.1 Å². The van der Waals surface area contributed by atoms with E-state index < -0.39 is 0 Å². The number of hydrogen-bond acceptors (Lipinski definition) is 1. The van der Waals surface area contributed by atoms with Crippen LogP contribution in [-0.4, -0.2) is 24.5 Å². The maximum Gasteiger partial charge on any atom is 0.123 e. The van der Waals surface area contributed by atoms with Crippen molar-refractivity contribution in [3.05, 3.63) is 156 Å². The smallest absolute Gasteiger partial charge is 0.123 e. The van der Waals surface area contributed by atoms with Crippen molar-refractivity contribution in [3.63, 3.8) is 0 Å². The molecule has 1 aliphatic rings. The highest BCUT2D eigenvalue weighted by Crippen LogP contribution is 2.32. The minimum absolute atomic E-state index is 0.190. The maximum absolute atomic E-state index is 13.5. The lowest BCUT2D eigenvalue weighted by molar-refractivity contribution is 0.254. The molecule has 200 valence electrons. The van der Waals surface area contributed by atoms with Gasteiger partial charge in [0, 0.05) is 13.1 Å². The normalized spacial score (nSPS) is 14.8. The summed E-state index contributed by atoms with van der Waals surface area (Å²) in [4.78, 5) is 2.61. The molecule has 0 saturated carbocycles. The molecule has 1 aliphatic heterocycles. The zero-order chi connectivity index (χ0) is 27.1. The lowest BCUT2D eigenvalue weighted by Crippen LogP contribution is -2.32. The van der Waals surface area contributed by atoms with Gasteiger partial charge in [0.2, 0.25) is 0 Å². The average molecular weight is 518 g/mol. The molecular weight excluding hydrogens is 477 g/mol. The summed E-state index contributed by atoms with van der Waals surface area (Å²) in [5.74, 6) is -0.190. The SMILES string of the molecule is C=C/C=C\C/C=C\C/C(=C/CCCN1CCC(=C(c2ccccc2)c2ccccc2)CC1)c1ccc(F)cc1. The third-order valence-electron chi connectivity index (χ3n) is 7.27. The van der Waals surface area contributed by atoms with E-state index in [1.54, 1.807) is 23.8 Å². The highest BCUT2D eigenvalue weighted by atomic mass is 19.1. The second kappa shape index (κ2) is 15.6. The van der Waals surface area contributed by atoms with E-state index in [9.17, 15) is 4.39 Å². The predicted octanol–water partition coefficient (Wildman–Crippen LogP) is 9.67. The number of hydrogen-bond donors (Lipinski definition) is 0. The summed E-state index contributed by atoms with van der Waals surface area (Å²) >= 11 is 0. The first kappa shape index (κ1) is 28.3. The first-order chi connectivity index (χ1) is 19.2. The van der Waals surface area contributed by atoms with Crippen LogP contribution in [0.4, 0.5) is 4.39 Å². The van der Waals surface area contributed by atoms with Gasteiger partial charge in [-0.15, -0.1) is 0 Å². The molecule has 0 aliphatic carbocycles. The Balaban J connectivity index is 1.35. The molecular formula is C37H40FN. The molecule has 4 rings (SSSR count). The van der Waals surface area contributed by atoms with Gasteiger partial charge in [-0.1, -0.05) is 121 Å². The number of piperidine rings is 1. The molecule has 1 heterocycles. The third kappa shape index (κ3) is 8.90. The number of halogens is 1. The van der Waals surface area contributed by atoms with Crippen LogP contribution in [0.3, 0.4) is 0 Å². The summed E-state index contributed by atoms with van der Waals surface area (Å²) in [5, 5.41) is 0. The summed E-state index contributed by atoms with van der Waals surface area (Å²) in [7, 11) is 0. The Hall–Kier alpha value is -3.75. The Morgan fingerprint density at radius 1 is 0.769 bits per heavy atom. The first-order valence-electron chi connectivity index (χ1n) is 14.2. The van der Waals surface area contributed by atoms with Crippen molar-refractivity contribution in [3.8, 4) is 0 Å². The topological polar surface area (TPSA) is 3.24 Å². The number of allylic oxidation sites excluding steroid dienone is 7. The van der Waals surface area contributed by atoms with Gasteiger partial charge in [0.25, 0.3) is 0 Å². The van der Waals surface area contributed by atoms with Crippen LogP contribution in [0.1, 0.15) is 55.2 Å². The fraction of sp³-hybridized carbons (Fsp3) is 0.243. The van der Waals surface area contributed by atoms with Crippen molar-refractivity contribution < 1.29 is 4.39 Å². The maximum atomic E-state index is 13.5. The van der Waals surface area contributed by atoms with Crippen molar-refractivity contribution in [1.82, 2.24) is 4.90 Å². The fourth-order valence-corrected chi connectivity index (χ4v) is 5.22. The lowest BCUT2D eigenvalue weighted by Gasteiger charge is -2.30. The van der Waals surface area contributed by atoms with Gasteiger partial charge in [-0.25, -0.2) is 4.39 Å². The van der Waals surface area contributed by atoms with Crippen LogP contribution in [-0.2, 0) is 0 Å². The highest BCUT2D eigenvalue weighted by Gasteiger charge is 2.18. The molecule has 1 nitrogen and oxygen atoms in total.